The van der Waals surface area contributed by atoms with E-state index in [0.29, 0.717) is 12.1 Å². The highest BCUT2D eigenvalue weighted by atomic mass is 16.1. The molecule has 1 amide bonds. The topological polar surface area (TPSA) is 56.1 Å². The van der Waals surface area contributed by atoms with Gasteiger partial charge in [-0.1, -0.05) is 0 Å². The molecule has 4 heteroatoms. The highest BCUT2D eigenvalue weighted by Crippen LogP contribution is 2.14. The molecule has 84 valence electrons. The molecule has 0 bridgehead atoms. The molecule has 0 spiro atoms. The molecule has 1 N–H and O–H groups in total. The maximum absolute atomic E-state index is 11.3. The lowest BCUT2D eigenvalue weighted by Crippen LogP contribution is -2.35. The lowest BCUT2D eigenvalue weighted by Gasteiger charge is -2.21. The molecule has 0 atom stereocenters. The third-order valence-corrected chi connectivity index (χ3v) is 2.36. The minimum Gasteiger partial charge on any atom is -0.363 e. The number of nitrogens with one attached hydrogen (secondary N) is 1. The van der Waals surface area contributed by atoms with E-state index in [1.54, 1.807) is 19.2 Å². The number of hydrogen-bond acceptors (Lipinski definition) is 3. The van der Waals surface area contributed by atoms with Crippen molar-refractivity contribution in [1.29, 1.82) is 5.26 Å². The van der Waals surface area contributed by atoms with Crippen molar-refractivity contribution in [3.8, 4) is 6.07 Å². The fraction of sp³-hybridized carbons (Fsp3) is 0.333. The second-order valence-electron chi connectivity index (χ2n) is 3.35. The van der Waals surface area contributed by atoms with Gasteiger partial charge in [0.1, 0.15) is 0 Å². The van der Waals surface area contributed by atoms with Crippen LogP contribution in [-0.2, 0) is 4.79 Å². The van der Waals surface area contributed by atoms with Crippen molar-refractivity contribution < 1.29 is 4.79 Å². The molecule has 4 nitrogen and oxygen atoms in total. The summed E-state index contributed by atoms with van der Waals surface area (Å²) in [7, 11) is 1.62. The van der Waals surface area contributed by atoms with Crippen LogP contribution in [0.1, 0.15) is 12.5 Å². The number of carbonyl (C=O) groups excluding carboxylic acids is 1. The van der Waals surface area contributed by atoms with Crippen LogP contribution < -0.4 is 10.2 Å². The van der Waals surface area contributed by atoms with E-state index >= 15 is 0 Å². The number of amides is 1. The molecule has 0 saturated heterocycles. The van der Waals surface area contributed by atoms with E-state index in [1.807, 2.05) is 24.0 Å². The Balaban J connectivity index is 2.79. The van der Waals surface area contributed by atoms with Crippen molar-refractivity contribution in [1.82, 2.24) is 5.32 Å². The summed E-state index contributed by atoms with van der Waals surface area (Å²) < 4.78 is 0. The molecule has 0 radical (unpaired) electrons. The molecule has 1 rings (SSSR count). The van der Waals surface area contributed by atoms with E-state index in [9.17, 15) is 4.79 Å². The quantitative estimate of drug-likeness (QED) is 0.822. The first-order valence-electron chi connectivity index (χ1n) is 5.17. The molecule has 0 aliphatic rings. The van der Waals surface area contributed by atoms with Crippen molar-refractivity contribution in [3.05, 3.63) is 29.8 Å². The third-order valence-electron chi connectivity index (χ3n) is 2.36. The van der Waals surface area contributed by atoms with Gasteiger partial charge in [-0.3, -0.25) is 4.79 Å². The average Bonchev–Trinajstić information content (AvgIpc) is 2.35. The highest BCUT2D eigenvalue weighted by Gasteiger charge is 2.08. The minimum atomic E-state index is -0.0220. The minimum absolute atomic E-state index is 0.0220. The fourth-order valence-corrected chi connectivity index (χ4v) is 1.38. The molecular weight excluding hydrogens is 202 g/mol. The molecule has 1 aromatic carbocycles. The maximum atomic E-state index is 11.3. The summed E-state index contributed by atoms with van der Waals surface area (Å²) >= 11 is 0. The van der Waals surface area contributed by atoms with E-state index in [1.165, 1.54) is 0 Å². The Bertz CT molecular complexity index is 392. The van der Waals surface area contributed by atoms with E-state index in [0.717, 1.165) is 12.2 Å². The van der Waals surface area contributed by atoms with Crippen LogP contribution in [0.15, 0.2) is 24.3 Å². The molecule has 1 aromatic rings. The molecule has 0 heterocycles. The molecule has 0 aromatic heterocycles. The Morgan fingerprint density at radius 3 is 2.50 bits per heavy atom. The van der Waals surface area contributed by atoms with E-state index in [-0.39, 0.29) is 5.91 Å². The molecule has 0 aliphatic carbocycles. The standard InChI is InChI=1S/C12H15N3O/c1-3-15(9-12(16)14-2)11-6-4-10(8-13)5-7-11/h4-7H,3,9H2,1-2H3,(H,14,16). The van der Waals surface area contributed by atoms with E-state index in [4.69, 9.17) is 5.26 Å². The van der Waals surface area contributed by atoms with Crippen LogP contribution in [0.2, 0.25) is 0 Å². The number of rotatable bonds is 4. The van der Waals surface area contributed by atoms with Gasteiger partial charge >= 0.3 is 0 Å². The molecule has 0 fully saturated rings. The predicted octanol–water partition coefficient (Wildman–Crippen LogP) is 1.13. The van der Waals surface area contributed by atoms with Gasteiger partial charge in [-0.05, 0) is 31.2 Å². The lowest BCUT2D eigenvalue weighted by atomic mass is 10.2. The number of benzene rings is 1. The normalized spacial score (nSPS) is 9.31. The Morgan fingerprint density at radius 2 is 2.06 bits per heavy atom. The van der Waals surface area contributed by atoms with Crippen LogP contribution in [0.5, 0.6) is 0 Å². The van der Waals surface area contributed by atoms with E-state index in [2.05, 4.69) is 11.4 Å². The number of nitriles is 1. The second kappa shape index (κ2) is 5.76. The van der Waals surface area contributed by atoms with E-state index < -0.39 is 0 Å². The van der Waals surface area contributed by atoms with Gasteiger partial charge in [-0.15, -0.1) is 0 Å². The Morgan fingerprint density at radius 1 is 1.44 bits per heavy atom. The van der Waals surface area contributed by atoms with Gasteiger partial charge in [0.2, 0.25) is 5.91 Å². The van der Waals surface area contributed by atoms with Gasteiger partial charge in [0.05, 0.1) is 18.2 Å². The Labute approximate surface area is 95.5 Å². The summed E-state index contributed by atoms with van der Waals surface area (Å²) in [4.78, 5) is 13.2. The predicted molar refractivity (Wildman–Crippen MR) is 63.1 cm³/mol. The van der Waals surface area contributed by atoms with Crippen molar-refractivity contribution in [3.63, 3.8) is 0 Å². The summed E-state index contributed by atoms with van der Waals surface area (Å²) in [5, 5.41) is 11.3. The average molecular weight is 217 g/mol. The zero-order chi connectivity index (χ0) is 12.0. The molecular formula is C12H15N3O. The maximum Gasteiger partial charge on any atom is 0.239 e. The first-order chi connectivity index (χ1) is 7.71. The van der Waals surface area contributed by atoms with Gasteiger partial charge in [0.25, 0.3) is 0 Å². The lowest BCUT2D eigenvalue weighted by molar-refractivity contribution is -0.119. The van der Waals surface area contributed by atoms with Crippen LogP contribution in [0.25, 0.3) is 0 Å². The molecule has 0 aliphatic heterocycles. The molecule has 0 saturated carbocycles. The van der Waals surface area contributed by atoms with Crippen LogP contribution in [0, 0.1) is 11.3 Å². The van der Waals surface area contributed by atoms with Crippen molar-refractivity contribution >= 4 is 11.6 Å². The zero-order valence-corrected chi connectivity index (χ0v) is 9.53. The Kier molecular flexibility index (Phi) is 4.34. The van der Waals surface area contributed by atoms with Crippen LogP contribution in [-0.4, -0.2) is 26.0 Å². The summed E-state index contributed by atoms with van der Waals surface area (Å²) in [6, 6.07) is 9.27. The third kappa shape index (κ3) is 2.99. The number of carbonyl (C=O) groups is 1. The SMILES string of the molecule is CCN(CC(=O)NC)c1ccc(C#N)cc1. The first-order valence-corrected chi connectivity index (χ1v) is 5.17. The number of anilines is 1. The largest absolute Gasteiger partial charge is 0.363 e. The Hall–Kier alpha value is -2.02. The molecule has 0 unspecified atom stereocenters. The fourth-order valence-electron chi connectivity index (χ4n) is 1.38. The van der Waals surface area contributed by atoms with Crippen molar-refractivity contribution in [2.24, 2.45) is 0 Å². The van der Waals surface area contributed by atoms with Gasteiger partial charge in [0, 0.05) is 19.3 Å². The highest BCUT2D eigenvalue weighted by molar-refractivity contribution is 5.81. The van der Waals surface area contributed by atoms with Gasteiger partial charge in [0.15, 0.2) is 0 Å². The smallest absolute Gasteiger partial charge is 0.239 e. The van der Waals surface area contributed by atoms with Gasteiger partial charge in [-0.2, -0.15) is 5.26 Å². The van der Waals surface area contributed by atoms with Crippen LogP contribution in [0.3, 0.4) is 0 Å². The van der Waals surface area contributed by atoms with Crippen molar-refractivity contribution in [2.45, 2.75) is 6.92 Å². The molecule has 16 heavy (non-hydrogen) atoms. The second-order valence-corrected chi connectivity index (χ2v) is 3.35. The summed E-state index contributed by atoms with van der Waals surface area (Å²) in [5.41, 5.74) is 1.57. The summed E-state index contributed by atoms with van der Waals surface area (Å²) in [5.74, 6) is -0.0220. The van der Waals surface area contributed by atoms with Crippen LogP contribution in [0.4, 0.5) is 5.69 Å². The van der Waals surface area contributed by atoms with Crippen molar-refractivity contribution in [2.75, 3.05) is 25.0 Å². The monoisotopic (exact) mass is 217 g/mol. The van der Waals surface area contributed by atoms with Gasteiger partial charge < -0.3 is 10.2 Å². The number of hydrogen-bond donors (Lipinski definition) is 1. The zero-order valence-electron chi connectivity index (χ0n) is 9.53. The van der Waals surface area contributed by atoms with Crippen LogP contribution >= 0.6 is 0 Å². The first kappa shape index (κ1) is 12.1. The number of likely N-dealkylation sites (N-methyl/N-ethyl adjacent to an activating group) is 2. The summed E-state index contributed by atoms with van der Waals surface area (Å²) in [6.45, 7) is 3.07. The number of nitrogens with zero attached hydrogens (tertiary/aromatic N) is 2. The summed E-state index contributed by atoms with van der Waals surface area (Å²) in [6.07, 6.45) is 0. The van der Waals surface area contributed by atoms with Gasteiger partial charge in [-0.25, -0.2) is 0 Å².